The maximum atomic E-state index is 11.5. The van der Waals surface area contributed by atoms with Crippen LogP contribution in [-0.2, 0) is 11.2 Å². The average molecular weight is 194 g/mol. The van der Waals surface area contributed by atoms with Gasteiger partial charge in [0.1, 0.15) is 5.78 Å². The van der Waals surface area contributed by atoms with E-state index in [0.29, 0.717) is 17.6 Å². The second kappa shape index (κ2) is 3.62. The number of ketones is 1. The van der Waals surface area contributed by atoms with Gasteiger partial charge in [0.15, 0.2) is 0 Å². The van der Waals surface area contributed by atoms with Gasteiger partial charge in [-0.1, -0.05) is 13.0 Å². The van der Waals surface area contributed by atoms with Crippen LogP contribution in [0.5, 0.6) is 0 Å². The van der Waals surface area contributed by atoms with Gasteiger partial charge in [-0.15, -0.1) is 11.3 Å². The summed E-state index contributed by atoms with van der Waals surface area (Å²) in [5.74, 6) is 1.54. The predicted octanol–water partition coefficient (Wildman–Crippen LogP) is 2.91. The summed E-state index contributed by atoms with van der Waals surface area (Å²) < 4.78 is 0. The lowest BCUT2D eigenvalue weighted by atomic mass is 10.1. The van der Waals surface area contributed by atoms with Gasteiger partial charge < -0.3 is 0 Å². The minimum atomic E-state index is 0.403. The molecular formula is C11H14OS. The normalized spacial score (nSPS) is 25.9. The van der Waals surface area contributed by atoms with Gasteiger partial charge in [0.25, 0.3) is 0 Å². The second-order valence-corrected chi connectivity index (χ2v) is 4.90. The van der Waals surface area contributed by atoms with Crippen LogP contribution >= 0.6 is 11.3 Å². The van der Waals surface area contributed by atoms with Gasteiger partial charge in [-0.3, -0.25) is 4.79 Å². The Morgan fingerprint density at radius 3 is 3.00 bits per heavy atom. The first-order valence-corrected chi connectivity index (χ1v) is 5.70. The lowest BCUT2D eigenvalue weighted by molar-refractivity contribution is -0.120. The molecule has 1 saturated carbocycles. The third kappa shape index (κ3) is 2.19. The smallest absolute Gasteiger partial charge is 0.136 e. The van der Waals surface area contributed by atoms with Crippen LogP contribution in [0.3, 0.4) is 0 Å². The topological polar surface area (TPSA) is 17.1 Å². The minimum Gasteiger partial charge on any atom is -0.299 e. The van der Waals surface area contributed by atoms with Crippen molar-refractivity contribution in [2.75, 3.05) is 0 Å². The molecule has 0 N–H and O–H groups in total. The van der Waals surface area contributed by atoms with Gasteiger partial charge in [-0.2, -0.15) is 0 Å². The van der Waals surface area contributed by atoms with E-state index >= 15 is 0 Å². The molecule has 70 valence electrons. The summed E-state index contributed by atoms with van der Waals surface area (Å²) in [6.07, 6.45) is 2.82. The van der Waals surface area contributed by atoms with Crippen molar-refractivity contribution in [3.8, 4) is 0 Å². The average Bonchev–Trinajstić information content (AvgIpc) is 2.68. The Labute approximate surface area is 82.8 Å². The Kier molecular flexibility index (Phi) is 2.49. The van der Waals surface area contributed by atoms with Crippen LogP contribution in [0.25, 0.3) is 0 Å². The summed E-state index contributed by atoms with van der Waals surface area (Å²) in [7, 11) is 0. The monoisotopic (exact) mass is 194 g/mol. The van der Waals surface area contributed by atoms with Crippen molar-refractivity contribution in [1.29, 1.82) is 0 Å². The zero-order valence-electron chi connectivity index (χ0n) is 7.82. The molecule has 0 bridgehead atoms. The fraction of sp³-hybridized carbons (Fsp3) is 0.545. The summed E-state index contributed by atoms with van der Waals surface area (Å²) in [6, 6.07) is 4.15. The molecule has 0 radical (unpaired) electrons. The van der Waals surface area contributed by atoms with E-state index in [9.17, 15) is 4.79 Å². The van der Waals surface area contributed by atoms with Crippen LogP contribution in [0.1, 0.15) is 24.6 Å². The number of rotatable bonds is 4. The molecule has 1 aromatic rings. The van der Waals surface area contributed by atoms with Crippen molar-refractivity contribution < 1.29 is 4.79 Å². The molecule has 2 rings (SSSR count). The molecule has 1 heterocycles. The van der Waals surface area contributed by atoms with Gasteiger partial charge in [0, 0.05) is 17.2 Å². The van der Waals surface area contributed by atoms with Crippen molar-refractivity contribution in [3.05, 3.63) is 22.4 Å². The number of carbonyl (C=O) groups excluding carboxylic acids is 1. The molecule has 1 aliphatic carbocycles. The lowest BCUT2D eigenvalue weighted by Gasteiger charge is -1.96. The van der Waals surface area contributed by atoms with E-state index < -0.39 is 0 Å². The Morgan fingerprint density at radius 2 is 2.46 bits per heavy atom. The van der Waals surface area contributed by atoms with E-state index in [1.165, 1.54) is 4.88 Å². The third-order valence-corrected chi connectivity index (χ3v) is 3.66. The predicted molar refractivity (Wildman–Crippen MR) is 54.9 cm³/mol. The number of carbonyl (C=O) groups is 1. The zero-order valence-corrected chi connectivity index (χ0v) is 8.64. The van der Waals surface area contributed by atoms with Crippen LogP contribution in [0.4, 0.5) is 0 Å². The Bertz CT molecular complexity index is 289. The molecule has 2 unspecified atom stereocenters. The van der Waals surface area contributed by atoms with E-state index in [1.807, 2.05) is 6.07 Å². The van der Waals surface area contributed by atoms with E-state index in [0.717, 1.165) is 19.3 Å². The van der Waals surface area contributed by atoms with Crippen LogP contribution < -0.4 is 0 Å². The summed E-state index contributed by atoms with van der Waals surface area (Å²) in [5, 5.41) is 2.07. The van der Waals surface area contributed by atoms with Crippen LogP contribution in [0.2, 0.25) is 0 Å². The molecule has 1 aliphatic rings. The summed E-state index contributed by atoms with van der Waals surface area (Å²) in [6.45, 7) is 2.16. The van der Waals surface area contributed by atoms with Gasteiger partial charge in [-0.25, -0.2) is 0 Å². The highest BCUT2D eigenvalue weighted by Gasteiger charge is 2.38. The van der Waals surface area contributed by atoms with E-state index in [4.69, 9.17) is 0 Å². The first-order chi connectivity index (χ1) is 6.27. The van der Waals surface area contributed by atoms with Crippen LogP contribution in [-0.4, -0.2) is 5.78 Å². The van der Waals surface area contributed by atoms with Gasteiger partial charge in [0.05, 0.1) is 0 Å². The first kappa shape index (κ1) is 8.95. The van der Waals surface area contributed by atoms with Gasteiger partial charge in [0.2, 0.25) is 0 Å². The molecule has 0 aliphatic heterocycles. The van der Waals surface area contributed by atoms with Crippen LogP contribution in [0.15, 0.2) is 17.5 Å². The van der Waals surface area contributed by atoms with Crippen molar-refractivity contribution in [2.45, 2.75) is 26.2 Å². The zero-order chi connectivity index (χ0) is 9.26. The Hall–Kier alpha value is -0.630. The lowest BCUT2D eigenvalue weighted by Crippen LogP contribution is -2.02. The molecule has 0 saturated heterocycles. The fourth-order valence-electron chi connectivity index (χ4n) is 1.66. The Balaban J connectivity index is 1.77. The maximum absolute atomic E-state index is 11.5. The molecular weight excluding hydrogens is 180 g/mol. The minimum absolute atomic E-state index is 0.403. The number of Topliss-reactive ketones (excluding diaryl/α,β-unsaturated/α-hetero) is 1. The maximum Gasteiger partial charge on any atom is 0.136 e. The van der Waals surface area contributed by atoms with Crippen molar-refractivity contribution in [2.24, 2.45) is 11.8 Å². The molecule has 0 aromatic carbocycles. The number of aryl methyl sites for hydroxylation is 1. The third-order valence-electron chi connectivity index (χ3n) is 2.72. The van der Waals surface area contributed by atoms with E-state index in [-0.39, 0.29) is 0 Å². The highest BCUT2D eigenvalue weighted by atomic mass is 32.1. The molecule has 1 aromatic heterocycles. The molecule has 1 nitrogen and oxygen atoms in total. The van der Waals surface area contributed by atoms with Crippen molar-refractivity contribution >= 4 is 17.1 Å². The molecule has 0 amide bonds. The standard InChI is InChI=1S/C11H14OS/c1-8-7-10(8)11(12)5-4-9-3-2-6-13-9/h2-3,6,8,10H,4-5,7H2,1H3. The number of hydrogen-bond acceptors (Lipinski definition) is 2. The van der Waals surface area contributed by atoms with Gasteiger partial charge >= 0.3 is 0 Å². The molecule has 2 atom stereocenters. The van der Waals surface area contributed by atoms with Crippen molar-refractivity contribution in [1.82, 2.24) is 0 Å². The molecule has 0 spiro atoms. The highest BCUT2D eigenvalue weighted by Crippen LogP contribution is 2.39. The summed E-state index contributed by atoms with van der Waals surface area (Å²) in [4.78, 5) is 12.9. The largest absolute Gasteiger partial charge is 0.299 e. The Morgan fingerprint density at radius 1 is 1.69 bits per heavy atom. The van der Waals surface area contributed by atoms with Crippen molar-refractivity contribution in [3.63, 3.8) is 0 Å². The second-order valence-electron chi connectivity index (χ2n) is 3.87. The first-order valence-electron chi connectivity index (χ1n) is 4.82. The number of thiophene rings is 1. The highest BCUT2D eigenvalue weighted by molar-refractivity contribution is 7.09. The van der Waals surface area contributed by atoms with E-state index in [1.54, 1.807) is 11.3 Å². The summed E-state index contributed by atoms with van der Waals surface area (Å²) in [5.41, 5.74) is 0. The quantitative estimate of drug-likeness (QED) is 0.720. The molecule has 13 heavy (non-hydrogen) atoms. The SMILES string of the molecule is CC1CC1C(=O)CCc1cccs1. The number of hydrogen-bond donors (Lipinski definition) is 0. The van der Waals surface area contributed by atoms with E-state index in [2.05, 4.69) is 18.4 Å². The molecule has 2 heteroatoms. The van der Waals surface area contributed by atoms with Crippen LogP contribution in [0, 0.1) is 11.8 Å². The summed E-state index contributed by atoms with van der Waals surface area (Å²) >= 11 is 1.75. The molecule has 1 fully saturated rings. The van der Waals surface area contributed by atoms with Gasteiger partial charge in [-0.05, 0) is 30.2 Å². The fourth-order valence-corrected chi connectivity index (χ4v) is 2.37.